The summed E-state index contributed by atoms with van der Waals surface area (Å²) in [5.41, 5.74) is 2.17. The van der Waals surface area contributed by atoms with E-state index in [-0.39, 0.29) is 22.4 Å². The smallest absolute Gasteiger partial charge is 0.306 e. The van der Waals surface area contributed by atoms with E-state index in [0.717, 1.165) is 43.9 Å². The Kier molecular flexibility index (Phi) is 2.73. The topological polar surface area (TPSA) is 43.4 Å². The van der Waals surface area contributed by atoms with Crippen LogP contribution in [0.15, 0.2) is 11.6 Å². The number of carbonyl (C=O) groups excluding carboxylic acids is 2. The lowest BCUT2D eigenvalue weighted by atomic mass is 9.45. The first kappa shape index (κ1) is 15.9. The molecule has 2 spiro atoms. The fourth-order valence-electron chi connectivity index (χ4n) is 9.14. The summed E-state index contributed by atoms with van der Waals surface area (Å²) in [6.45, 7) is 4.95. The minimum absolute atomic E-state index is 0.0335. The van der Waals surface area contributed by atoms with Crippen LogP contribution in [0.2, 0.25) is 0 Å². The lowest BCUT2D eigenvalue weighted by Gasteiger charge is -2.59. The van der Waals surface area contributed by atoms with Gasteiger partial charge in [-0.1, -0.05) is 19.4 Å². The number of ketones is 1. The van der Waals surface area contributed by atoms with Gasteiger partial charge in [-0.2, -0.15) is 0 Å². The molecule has 1 aliphatic heterocycles. The van der Waals surface area contributed by atoms with Crippen molar-refractivity contribution in [1.29, 1.82) is 0 Å². The molecule has 140 valence electrons. The second kappa shape index (κ2) is 4.47. The highest BCUT2D eigenvalue weighted by atomic mass is 16.6. The highest BCUT2D eigenvalue weighted by molar-refractivity contribution is 5.91. The fraction of sp³-hybridized carbons (Fsp3) is 0.826. The molecule has 0 aromatic rings. The lowest BCUT2D eigenvalue weighted by molar-refractivity contribution is -0.169. The van der Waals surface area contributed by atoms with Crippen LogP contribution in [0.1, 0.15) is 78.1 Å². The monoisotopic (exact) mass is 354 g/mol. The van der Waals surface area contributed by atoms with E-state index in [9.17, 15) is 9.59 Å². The first-order valence-electron chi connectivity index (χ1n) is 10.8. The van der Waals surface area contributed by atoms with Crippen molar-refractivity contribution in [2.24, 2.45) is 34.0 Å². The minimum atomic E-state index is -0.164. The fourth-order valence-corrected chi connectivity index (χ4v) is 9.14. The number of allylic oxidation sites excluding steroid dienone is 1. The zero-order chi connectivity index (χ0) is 17.9. The van der Waals surface area contributed by atoms with Gasteiger partial charge in [0.15, 0.2) is 5.78 Å². The molecule has 5 unspecified atom stereocenters. The number of hydrogen-bond donors (Lipinski definition) is 0. The van der Waals surface area contributed by atoms with E-state index < -0.39 is 0 Å². The van der Waals surface area contributed by atoms with E-state index in [1.54, 1.807) is 0 Å². The first-order chi connectivity index (χ1) is 12.3. The van der Waals surface area contributed by atoms with Gasteiger partial charge in [0.2, 0.25) is 0 Å². The van der Waals surface area contributed by atoms with Gasteiger partial charge >= 0.3 is 5.97 Å². The zero-order valence-corrected chi connectivity index (χ0v) is 16.1. The molecule has 6 rings (SSSR count). The predicted octanol–water partition coefficient (Wildman–Crippen LogP) is 4.59. The summed E-state index contributed by atoms with van der Waals surface area (Å²) in [5, 5.41) is 0. The Hall–Kier alpha value is -1.12. The third-order valence-corrected chi connectivity index (χ3v) is 10.4. The number of rotatable bonds is 0. The molecular formula is C23H30O3. The summed E-state index contributed by atoms with van der Waals surface area (Å²) in [6.07, 6.45) is 12.6. The highest BCUT2D eigenvalue weighted by Gasteiger charge is 2.79. The summed E-state index contributed by atoms with van der Waals surface area (Å²) in [5.74, 6) is 2.61. The van der Waals surface area contributed by atoms with Crippen LogP contribution in [0.4, 0.5) is 0 Å². The maximum absolute atomic E-state index is 12.0. The van der Waals surface area contributed by atoms with Crippen LogP contribution >= 0.6 is 0 Å². The Morgan fingerprint density at radius 1 is 0.962 bits per heavy atom. The number of hydrogen-bond acceptors (Lipinski definition) is 3. The van der Waals surface area contributed by atoms with Crippen LogP contribution in [-0.4, -0.2) is 17.4 Å². The van der Waals surface area contributed by atoms with Crippen LogP contribution in [-0.2, 0) is 14.3 Å². The average Bonchev–Trinajstić information content (AvgIpc) is 3.08. The van der Waals surface area contributed by atoms with Gasteiger partial charge in [0.1, 0.15) is 5.60 Å². The first-order valence-corrected chi connectivity index (χ1v) is 10.8. The molecule has 5 fully saturated rings. The molecule has 0 radical (unpaired) electrons. The van der Waals surface area contributed by atoms with Crippen molar-refractivity contribution in [3.8, 4) is 0 Å². The summed E-state index contributed by atoms with van der Waals surface area (Å²) in [4.78, 5) is 24.0. The maximum atomic E-state index is 12.0. The third-order valence-electron chi connectivity index (χ3n) is 10.4. The number of carbonyl (C=O) groups is 2. The molecule has 3 heteroatoms. The van der Waals surface area contributed by atoms with E-state index in [2.05, 4.69) is 13.8 Å². The van der Waals surface area contributed by atoms with Crippen LogP contribution in [0.5, 0.6) is 0 Å². The average molecular weight is 354 g/mol. The summed E-state index contributed by atoms with van der Waals surface area (Å²) in [7, 11) is 0. The molecule has 1 saturated heterocycles. The molecule has 7 atom stereocenters. The molecule has 26 heavy (non-hydrogen) atoms. The standard InChI is InChI=1S/C23H30O3/c1-20-8-5-16(24)11-14(20)3-4-18-17-6-9-22(10-7-19(25)26-22)21(17,2)12-15-13-23(15,18)20/h11,15,17-18H,3-10,12-13H2,1-2H3/t15-,17?,18?,20?,21?,22?,23-/m0/s1. The van der Waals surface area contributed by atoms with E-state index in [1.807, 2.05) is 6.08 Å². The zero-order valence-electron chi connectivity index (χ0n) is 16.1. The van der Waals surface area contributed by atoms with Gasteiger partial charge in [-0.15, -0.1) is 0 Å². The largest absolute Gasteiger partial charge is 0.458 e. The Morgan fingerprint density at radius 2 is 1.81 bits per heavy atom. The van der Waals surface area contributed by atoms with Gasteiger partial charge in [0, 0.05) is 18.3 Å². The minimum Gasteiger partial charge on any atom is -0.458 e. The molecular weight excluding hydrogens is 324 g/mol. The normalized spacial score (nSPS) is 57.0. The van der Waals surface area contributed by atoms with Crippen LogP contribution < -0.4 is 0 Å². The number of fused-ring (bicyclic) bond motifs is 4. The van der Waals surface area contributed by atoms with Crippen molar-refractivity contribution in [3.63, 3.8) is 0 Å². The van der Waals surface area contributed by atoms with Crippen molar-refractivity contribution in [3.05, 3.63) is 11.6 Å². The number of esters is 1. The van der Waals surface area contributed by atoms with Crippen LogP contribution in [0.25, 0.3) is 0 Å². The van der Waals surface area contributed by atoms with Crippen LogP contribution in [0.3, 0.4) is 0 Å². The Morgan fingerprint density at radius 3 is 2.58 bits per heavy atom. The third kappa shape index (κ3) is 1.52. The molecule has 4 saturated carbocycles. The van der Waals surface area contributed by atoms with Crippen molar-refractivity contribution in [2.45, 2.75) is 83.7 Å². The molecule has 0 bridgehead atoms. The predicted molar refractivity (Wildman–Crippen MR) is 97.2 cm³/mol. The van der Waals surface area contributed by atoms with Crippen molar-refractivity contribution in [2.75, 3.05) is 0 Å². The Bertz CT molecular complexity index is 767. The van der Waals surface area contributed by atoms with Crippen molar-refractivity contribution >= 4 is 11.8 Å². The molecule has 0 aromatic carbocycles. The second-order valence-electron chi connectivity index (χ2n) is 10.8. The number of ether oxygens (including phenoxy) is 1. The van der Waals surface area contributed by atoms with E-state index in [1.165, 1.54) is 31.3 Å². The molecule has 0 amide bonds. The maximum Gasteiger partial charge on any atom is 0.306 e. The van der Waals surface area contributed by atoms with Gasteiger partial charge in [-0.05, 0) is 86.0 Å². The summed E-state index contributed by atoms with van der Waals surface area (Å²) < 4.78 is 6.08. The van der Waals surface area contributed by atoms with E-state index in [0.29, 0.717) is 23.5 Å². The molecule has 1 heterocycles. The second-order valence-corrected chi connectivity index (χ2v) is 10.8. The van der Waals surface area contributed by atoms with Crippen molar-refractivity contribution < 1.29 is 14.3 Å². The van der Waals surface area contributed by atoms with Gasteiger partial charge in [-0.3, -0.25) is 9.59 Å². The van der Waals surface area contributed by atoms with Gasteiger partial charge in [0.05, 0.1) is 0 Å². The van der Waals surface area contributed by atoms with E-state index in [4.69, 9.17) is 4.74 Å². The van der Waals surface area contributed by atoms with Gasteiger partial charge in [-0.25, -0.2) is 0 Å². The Labute approximate surface area is 155 Å². The molecule has 6 aliphatic rings. The van der Waals surface area contributed by atoms with Crippen molar-refractivity contribution in [1.82, 2.24) is 0 Å². The molecule has 5 aliphatic carbocycles. The summed E-state index contributed by atoms with van der Waals surface area (Å²) in [6, 6.07) is 0. The molecule has 0 aromatic heterocycles. The van der Waals surface area contributed by atoms with Gasteiger partial charge in [0.25, 0.3) is 0 Å². The SMILES string of the molecule is CC12C[C@H]3C[C@@]34C(CCC3=CC(=O)CCC34C)C1CCC21CCC(=O)O1. The van der Waals surface area contributed by atoms with Crippen LogP contribution in [0, 0.1) is 34.0 Å². The Balaban J connectivity index is 1.42. The summed E-state index contributed by atoms with van der Waals surface area (Å²) >= 11 is 0. The lowest BCUT2D eigenvalue weighted by Crippen LogP contribution is -2.55. The van der Waals surface area contributed by atoms with Gasteiger partial charge < -0.3 is 4.74 Å². The molecule has 3 nitrogen and oxygen atoms in total. The molecule has 0 N–H and O–H groups in total. The quantitative estimate of drug-likeness (QED) is 0.597. The highest BCUT2D eigenvalue weighted by Crippen LogP contribution is 2.84. The van der Waals surface area contributed by atoms with E-state index >= 15 is 0 Å².